The van der Waals surface area contributed by atoms with Crippen molar-refractivity contribution in [1.29, 1.82) is 0 Å². The minimum absolute atomic E-state index is 0.347. The van der Waals surface area contributed by atoms with E-state index in [2.05, 4.69) is 0 Å². The van der Waals surface area contributed by atoms with E-state index in [1.54, 1.807) is 24.9 Å². The van der Waals surface area contributed by atoms with Gasteiger partial charge in [0.1, 0.15) is 0 Å². The molecule has 0 aromatic heterocycles. The number of rotatable bonds is 4. The highest BCUT2D eigenvalue weighted by molar-refractivity contribution is 7.98. The summed E-state index contributed by atoms with van der Waals surface area (Å²) in [5.74, 6) is -0.891. The number of hydrogen-bond acceptors (Lipinski definition) is 3. The van der Waals surface area contributed by atoms with E-state index in [4.69, 9.17) is 9.84 Å². The lowest BCUT2D eigenvalue weighted by Crippen LogP contribution is -2.04. The van der Waals surface area contributed by atoms with E-state index >= 15 is 0 Å². The third kappa shape index (κ3) is 2.52. The molecule has 1 rings (SSSR count). The number of ether oxygens (including phenoxy) is 1. The van der Waals surface area contributed by atoms with Crippen molar-refractivity contribution in [2.45, 2.75) is 18.4 Å². The lowest BCUT2D eigenvalue weighted by atomic mass is 10.0. The second-order valence-electron chi connectivity index (χ2n) is 3.16. The van der Waals surface area contributed by atoms with Gasteiger partial charge in [-0.3, -0.25) is 0 Å². The van der Waals surface area contributed by atoms with Gasteiger partial charge in [-0.05, 0) is 36.4 Å². The van der Waals surface area contributed by atoms with Gasteiger partial charge >= 0.3 is 5.97 Å². The van der Waals surface area contributed by atoms with Crippen LogP contribution in [-0.2, 0) is 11.3 Å². The number of thioether (sulfide) groups is 1. The van der Waals surface area contributed by atoms with E-state index in [9.17, 15) is 4.79 Å². The summed E-state index contributed by atoms with van der Waals surface area (Å²) in [4.78, 5) is 12.0. The van der Waals surface area contributed by atoms with Crippen molar-refractivity contribution in [3.63, 3.8) is 0 Å². The zero-order valence-corrected chi connectivity index (χ0v) is 9.85. The van der Waals surface area contributed by atoms with Crippen molar-refractivity contribution in [1.82, 2.24) is 0 Å². The highest BCUT2D eigenvalue weighted by atomic mass is 32.2. The maximum Gasteiger partial charge on any atom is 0.335 e. The summed E-state index contributed by atoms with van der Waals surface area (Å²) >= 11 is 1.60. The van der Waals surface area contributed by atoms with Gasteiger partial charge in [0.05, 0.1) is 12.2 Å². The van der Waals surface area contributed by atoms with Crippen LogP contribution in [-0.4, -0.2) is 24.4 Å². The molecule has 15 heavy (non-hydrogen) atoms. The standard InChI is InChI=1S/C11H14O3S/c1-7-8(11(12)13)4-5-10(15-3)9(7)6-14-2/h4-5H,6H2,1-3H3,(H,12,13). The summed E-state index contributed by atoms with van der Waals surface area (Å²) in [6, 6.07) is 3.47. The van der Waals surface area contributed by atoms with E-state index < -0.39 is 5.97 Å². The molecule has 0 spiro atoms. The second kappa shape index (κ2) is 5.19. The minimum Gasteiger partial charge on any atom is -0.478 e. The summed E-state index contributed by atoms with van der Waals surface area (Å²) in [5.41, 5.74) is 2.10. The SMILES string of the molecule is COCc1c(SC)ccc(C(=O)O)c1C. The van der Waals surface area contributed by atoms with Crippen LogP contribution in [0.1, 0.15) is 21.5 Å². The van der Waals surface area contributed by atoms with Crippen LogP contribution in [0, 0.1) is 6.92 Å². The summed E-state index contributed by atoms with van der Waals surface area (Å²) < 4.78 is 5.08. The van der Waals surface area contributed by atoms with E-state index in [0.29, 0.717) is 12.2 Å². The number of methoxy groups -OCH3 is 1. The Morgan fingerprint density at radius 3 is 2.67 bits per heavy atom. The van der Waals surface area contributed by atoms with Crippen LogP contribution < -0.4 is 0 Å². The normalized spacial score (nSPS) is 10.3. The van der Waals surface area contributed by atoms with E-state index in [-0.39, 0.29) is 0 Å². The molecule has 1 aromatic rings. The fraction of sp³-hybridized carbons (Fsp3) is 0.364. The molecule has 0 aliphatic rings. The number of hydrogen-bond donors (Lipinski definition) is 1. The highest BCUT2D eigenvalue weighted by Gasteiger charge is 2.13. The molecular weight excluding hydrogens is 212 g/mol. The quantitative estimate of drug-likeness (QED) is 0.801. The van der Waals surface area contributed by atoms with Crippen molar-refractivity contribution < 1.29 is 14.6 Å². The molecule has 3 nitrogen and oxygen atoms in total. The molecule has 0 saturated carbocycles. The first-order valence-electron chi connectivity index (χ1n) is 4.50. The van der Waals surface area contributed by atoms with Crippen molar-refractivity contribution in [2.75, 3.05) is 13.4 Å². The molecule has 82 valence electrons. The molecule has 0 amide bonds. The van der Waals surface area contributed by atoms with Crippen LogP contribution in [0.3, 0.4) is 0 Å². The zero-order valence-electron chi connectivity index (χ0n) is 9.03. The molecule has 0 fully saturated rings. The third-order valence-corrected chi connectivity index (χ3v) is 3.12. The van der Waals surface area contributed by atoms with Gasteiger partial charge < -0.3 is 9.84 Å². The van der Waals surface area contributed by atoms with Gasteiger partial charge in [0, 0.05) is 12.0 Å². The average Bonchev–Trinajstić information content (AvgIpc) is 2.20. The molecule has 4 heteroatoms. The maximum absolute atomic E-state index is 10.9. The van der Waals surface area contributed by atoms with E-state index in [1.807, 2.05) is 19.2 Å². The summed E-state index contributed by atoms with van der Waals surface area (Å²) in [6.45, 7) is 2.26. The number of carboxylic acids is 1. The Morgan fingerprint density at radius 1 is 1.53 bits per heavy atom. The monoisotopic (exact) mass is 226 g/mol. The highest BCUT2D eigenvalue weighted by Crippen LogP contribution is 2.26. The first-order chi connectivity index (χ1) is 7.11. The van der Waals surface area contributed by atoms with Gasteiger partial charge in [-0.15, -0.1) is 11.8 Å². The Hall–Kier alpha value is -1.00. The van der Waals surface area contributed by atoms with Crippen LogP contribution in [0.5, 0.6) is 0 Å². The van der Waals surface area contributed by atoms with Crippen LogP contribution in [0.2, 0.25) is 0 Å². The van der Waals surface area contributed by atoms with Crippen molar-refractivity contribution in [3.05, 3.63) is 28.8 Å². The molecule has 0 atom stereocenters. The summed E-state index contributed by atoms with van der Waals surface area (Å²) in [7, 11) is 1.61. The predicted octanol–water partition coefficient (Wildman–Crippen LogP) is 2.56. The summed E-state index contributed by atoms with van der Waals surface area (Å²) in [6.07, 6.45) is 1.97. The molecule has 0 aliphatic heterocycles. The Morgan fingerprint density at radius 2 is 2.20 bits per heavy atom. The first kappa shape index (κ1) is 12.1. The van der Waals surface area contributed by atoms with Gasteiger partial charge in [0.25, 0.3) is 0 Å². The van der Waals surface area contributed by atoms with Crippen LogP contribution in [0.25, 0.3) is 0 Å². The Bertz CT molecular complexity index is 374. The Balaban J connectivity index is 3.28. The van der Waals surface area contributed by atoms with Gasteiger partial charge in [-0.1, -0.05) is 0 Å². The summed E-state index contributed by atoms with van der Waals surface area (Å²) in [5, 5.41) is 8.97. The molecule has 1 aromatic carbocycles. The van der Waals surface area contributed by atoms with Gasteiger partial charge in [-0.25, -0.2) is 4.79 Å². The van der Waals surface area contributed by atoms with Crippen molar-refractivity contribution in [3.8, 4) is 0 Å². The predicted molar refractivity (Wildman–Crippen MR) is 60.6 cm³/mol. The van der Waals surface area contributed by atoms with Gasteiger partial charge in [-0.2, -0.15) is 0 Å². The van der Waals surface area contributed by atoms with Gasteiger partial charge in [0.2, 0.25) is 0 Å². The Labute approximate surface area is 93.4 Å². The topological polar surface area (TPSA) is 46.5 Å². The Kier molecular flexibility index (Phi) is 4.17. The van der Waals surface area contributed by atoms with Crippen molar-refractivity contribution in [2.24, 2.45) is 0 Å². The number of benzene rings is 1. The molecule has 0 bridgehead atoms. The van der Waals surface area contributed by atoms with E-state index in [0.717, 1.165) is 16.0 Å². The number of carbonyl (C=O) groups is 1. The molecule has 0 saturated heterocycles. The number of aromatic carboxylic acids is 1. The fourth-order valence-corrected chi connectivity index (χ4v) is 2.14. The zero-order chi connectivity index (χ0) is 11.4. The lowest BCUT2D eigenvalue weighted by Gasteiger charge is -2.12. The van der Waals surface area contributed by atoms with Crippen LogP contribution >= 0.6 is 11.8 Å². The molecular formula is C11H14O3S. The molecule has 0 aliphatic carbocycles. The molecule has 0 unspecified atom stereocenters. The third-order valence-electron chi connectivity index (χ3n) is 2.29. The van der Waals surface area contributed by atoms with Crippen LogP contribution in [0.4, 0.5) is 0 Å². The van der Waals surface area contributed by atoms with Gasteiger partial charge in [0.15, 0.2) is 0 Å². The first-order valence-corrected chi connectivity index (χ1v) is 5.73. The second-order valence-corrected chi connectivity index (χ2v) is 4.01. The largest absolute Gasteiger partial charge is 0.478 e. The van der Waals surface area contributed by atoms with Crippen molar-refractivity contribution >= 4 is 17.7 Å². The lowest BCUT2D eigenvalue weighted by molar-refractivity contribution is 0.0695. The number of carboxylic acid groups (broad SMARTS) is 1. The molecule has 1 N–H and O–H groups in total. The minimum atomic E-state index is -0.891. The molecule has 0 heterocycles. The average molecular weight is 226 g/mol. The molecule has 0 radical (unpaired) electrons. The van der Waals surface area contributed by atoms with Crippen LogP contribution in [0.15, 0.2) is 17.0 Å². The fourth-order valence-electron chi connectivity index (χ4n) is 1.48. The smallest absolute Gasteiger partial charge is 0.335 e. The maximum atomic E-state index is 10.9. The van der Waals surface area contributed by atoms with E-state index in [1.165, 1.54) is 0 Å².